The number of halogens is 3. The van der Waals surface area contributed by atoms with E-state index < -0.39 is 0 Å². The van der Waals surface area contributed by atoms with E-state index in [1.54, 1.807) is 12.1 Å². The Hall–Kier alpha value is -0.890. The third kappa shape index (κ3) is 4.54. The first-order valence-electron chi connectivity index (χ1n) is 5.89. The molecule has 112 valence electrons. The number of hydrogen-bond donors (Lipinski definition) is 1. The van der Waals surface area contributed by atoms with E-state index in [1.165, 1.54) is 11.3 Å². The van der Waals surface area contributed by atoms with Gasteiger partial charge in [-0.05, 0) is 34.5 Å². The second-order valence-corrected chi connectivity index (χ2v) is 6.65. The number of rotatable bonds is 5. The zero-order valence-corrected chi connectivity index (χ0v) is 14.7. The van der Waals surface area contributed by atoms with Gasteiger partial charge in [-0.25, -0.2) is 0 Å². The van der Waals surface area contributed by atoms with E-state index in [0.29, 0.717) is 25.4 Å². The first-order chi connectivity index (χ1) is 9.99. The molecule has 1 heterocycles. The highest BCUT2D eigenvalue weighted by Gasteiger charge is 2.12. The van der Waals surface area contributed by atoms with Crippen molar-refractivity contribution >= 4 is 61.5 Å². The lowest BCUT2D eigenvalue weighted by Gasteiger charge is -2.09. The van der Waals surface area contributed by atoms with Crippen LogP contribution in [-0.2, 0) is 11.2 Å². The third-order valence-electron chi connectivity index (χ3n) is 2.33. The van der Waals surface area contributed by atoms with Gasteiger partial charge >= 0.3 is 0 Å². The van der Waals surface area contributed by atoms with Gasteiger partial charge in [0.05, 0.1) is 9.50 Å². The van der Waals surface area contributed by atoms with Crippen LogP contribution in [0.3, 0.4) is 0 Å². The molecule has 0 saturated heterocycles. The van der Waals surface area contributed by atoms with Gasteiger partial charge in [0.2, 0.25) is 5.13 Å². The molecule has 9 heteroatoms. The van der Waals surface area contributed by atoms with Crippen molar-refractivity contribution in [2.45, 2.75) is 13.3 Å². The van der Waals surface area contributed by atoms with Crippen LogP contribution in [0.4, 0.5) is 5.13 Å². The van der Waals surface area contributed by atoms with Gasteiger partial charge in [-0.1, -0.05) is 41.5 Å². The van der Waals surface area contributed by atoms with Gasteiger partial charge in [-0.3, -0.25) is 10.1 Å². The van der Waals surface area contributed by atoms with Crippen molar-refractivity contribution in [3.63, 3.8) is 0 Å². The molecular formula is C12H10BrCl2N3O2S. The zero-order chi connectivity index (χ0) is 15.4. The Kier molecular flexibility index (Phi) is 5.80. The van der Waals surface area contributed by atoms with Crippen LogP contribution in [0, 0.1) is 0 Å². The largest absolute Gasteiger partial charge is 0.481 e. The van der Waals surface area contributed by atoms with Gasteiger partial charge in [-0.15, -0.1) is 10.2 Å². The molecule has 1 N–H and O–H groups in total. The number of amides is 1. The quantitative estimate of drug-likeness (QED) is 0.802. The van der Waals surface area contributed by atoms with Crippen molar-refractivity contribution in [1.82, 2.24) is 10.2 Å². The Morgan fingerprint density at radius 2 is 2.19 bits per heavy atom. The molecule has 1 aromatic carbocycles. The third-order valence-corrected chi connectivity index (χ3v) is 4.40. The molecule has 0 bridgehead atoms. The van der Waals surface area contributed by atoms with E-state index in [9.17, 15) is 4.79 Å². The number of nitrogens with zero attached hydrogens (tertiary/aromatic N) is 2. The highest BCUT2D eigenvalue weighted by molar-refractivity contribution is 9.10. The molecule has 1 amide bonds. The van der Waals surface area contributed by atoms with Crippen LogP contribution < -0.4 is 10.1 Å². The second kappa shape index (κ2) is 7.40. The number of carbonyl (C=O) groups excluding carboxylic acids is 1. The molecule has 2 aromatic rings. The molecule has 0 aliphatic heterocycles. The molecule has 0 atom stereocenters. The Balaban J connectivity index is 1.95. The van der Waals surface area contributed by atoms with E-state index in [1.807, 2.05) is 6.92 Å². The monoisotopic (exact) mass is 409 g/mol. The lowest BCUT2D eigenvalue weighted by molar-refractivity contribution is -0.118. The van der Waals surface area contributed by atoms with Crippen LogP contribution in [0.2, 0.25) is 10.0 Å². The minimum absolute atomic E-state index is 0.193. The molecule has 21 heavy (non-hydrogen) atoms. The summed E-state index contributed by atoms with van der Waals surface area (Å²) in [5, 5.41) is 12.5. The zero-order valence-electron chi connectivity index (χ0n) is 10.8. The molecule has 0 fully saturated rings. The summed E-state index contributed by atoms with van der Waals surface area (Å²) < 4.78 is 5.98. The maximum absolute atomic E-state index is 11.8. The fourth-order valence-electron chi connectivity index (χ4n) is 1.41. The number of carbonyl (C=O) groups is 1. The van der Waals surface area contributed by atoms with Gasteiger partial charge < -0.3 is 4.74 Å². The fourth-order valence-corrected chi connectivity index (χ4v) is 3.47. The van der Waals surface area contributed by atoms with Gasteiger partial charge in [0, 0.05) is 5.02 Å². The first kappa shape index (κ1) is 16.5. The number of aryl methyl sites for hydroxylation is 1. The van der Waals surface area contributed by atoms with Gasteiger partial charge in [-0.2, -0.15) is 0 Å². The molecule has 0 aliphatic carbocycles. The van der Waals surface area contributed by atoms with Crippen LogP contribution >= 0.6 is 50.5 Å². The van der Waals surface area contributed by atoms with Crippen LogP contribution in [-0.4, -0.2) is 22.7 Å². The molecule has 5 nitrogen and oxygen atoms in total. The summed E-state index contributed by atoms with van der Waals surface area (Å²) in [6.07, 6.45) is 0.775. The SMILES string of the molecule is CCc1nnc(NC(=O)COc2c(Cl)cc(Cl)cc2Br)s1. The molecule has 1 aromatic heterocycles. The van der Waals surface area contributed by atoms with Crippen molar-refractivity contribution in [3.8, 4) is 5.75 Å². The van der Waals surface area contributed by atoms with E-state index >= 15 is 0 Å². The molecule has 2 rings (SSSR count). The smallest absolute Gasteiger partial charge is 0.264 e. The summed E-state index contributed by atoms with van der Waals surface area (Å²) in [5.74, 6) is 0.0226. The molecule has 0 unspecified atom stereocenters. The van der Waals surface area contributed by atoms with Crippen LogP contribution in [0.1, 0.15) is 11.9 Å². The van der Waals surface area contributed by atoms with Crippen LogP contribution in [0.15, 0.2) is 16.6 Å². The summed E-state index contributed by atoms with van der Waals surface area (Å²) in [4.78, 5) is 11.8. The number of aromatic nitrogens is 2. The maximum Gasteiger partial charge on any atom is 0.264 e. The van der Waals surface area contributed by atoms with E-state index in [2.05, 4.69) is 31.4 Å². The molecule has 0 radical (unpaired) electrons. The van der Waals surface area contributed by atoms with Crippen LogP contribution in [0.5, 0.6) is 5.75 Å². The fraction of sp³-hybridized carbons (Fsp3) is 0.250. The molecular weight excluding hydrogens is 401 g/mol. The van der Waals surface area contributed by atoms with Gasteiger partial charge in [0.1, 0.15) is 5.01 Å². The summed E-state index contributed by atoms with van der Waals surface area (Å²) >= 11 is 16.5. The van der Waals surface area contributed by atoms with E-state index in [-0.39, 0.29) is 12.5 Å². The van der Waals surface area contributed by atoms with Gasteiger partial charge in [0.15, 0.2) is 12.4 Å². The van der Waals surface area contributed by atoms with E-state index in [4.69, 9.17) is 27.9 Å². The molecule has 0 saturated carbocycles. The van der Waals surface area contributed by atoms with E-state index in [0.717, 1.165) is 11.4 Å². The number of benzene rings is 1. The molecule has 0 aliphatic rings. The Morgan fingerprint density at radius 1 is 1.43 bits per heavy atom. The lowest BCUT2D eigenvalue weighted by Crippen LogP contribution is -2.20. The number of nitrogens with one attached hydrogen (secondary N) is 1. The summed E-state index contributed by atoms with van der Waals surface area (Å²) in [5.41, 5.74) is 0. The summed E-state index contributed by atoms with van der Waals surface area (Å²) in [6.45, 7) is 1.77. The lowest BCUT2D eigenvalue weighted by atomic mass is 10.3. The van der Waals surface area contributed by atoms with Crippen molar-refractivity contribution in [2.24, 2.45) is 0 Å². The highest BCUT2D eigenvalue weighted by atomic mass is 79.9. The number of ether oxygens (including phenoxy) is 1. The van der Waals surface area contributed by atoms with Crippen molar-refractivity contribution in [2.75, 3.05) is 11.9 Å². The maximum atomic E-state index is 11.8. The topological polar surface area (TPSA) is 64.1 Å². The van der Waals surface area contributed by atoms with Gasteiger partial charge in [0.25, 0.3) is 5.91 Å². The normalized spacial score (nSPS) is 10.5. The first-order valence-corrected chi connectivity index (χ1v) is 8.25. The van der Waals surface area contributed by atoms with Crippen molar-refractivity contribution < 1.29 is 9.53 Å². The van der Waals surface area contributed by atoms with Crippen LogP contribution in [0.25, 0.3) is 0 Å². The van der Waals surface area contributed by atoms with Crippen molar-refractivity contribution in [1.29, 1.82) is 0 Å². The minimum atomic E-state index is -0.341. The van der Waals surface area contributed by atoms with Crippen molar-refractivity contribution in [3.05, 3.63) is 31.7 Å². The Morgan fingerprint density at radius 3 is 2.81 bits per heavy atom. The highest BCUT2D eigenvalue weighted by Crippen LogP contribution is 2.36. The Labute approximate surface area is 143 Å². The predicted octanol–water partition coefficient (Wildman–Crippen LogP) is 4.19. The average Bonchev–Trinajstić information content (AvgIpc) is 2.85. The minimum Gasteiger partial charge on any atom is -0.481 e. The second-order valence-electron chi connectivity index (χ2n) is 3.89. The summed E-state index contributed by atoms with van der Waals surface area (Å²) in [7, 11) is 0. The standard InChI is InChI=1S/C12H10BrCl2N3O2S/c1-2-10-17-18-12(21-10)16-9(19)5-20-11-7(13)3-6(14)4-8(11)15/h3-4H,2,5H2,1H3,(H,16,18,19). The predicted molar refractivity (Wildman–Crippen MR) is 87.6 cm³/mol. The average molecular weight is 411 g/mol. The number of anilines is 1. The number of hydrogen-bond acceptors (Lipinski definition) is 5. The molecule has 0 spiro atoms. The Bertz CT molecular complexity index is 643. The summed E-state index contributed by atoms with van der Waals surface area (Å²) in [6, 6.07) is 3.18.